The van der Waals surface area contributed by atoms with Crippen molar-refractivity contribution in [2.45, 2.75) is 12.8 Å². The second-order valence-electron chi connectivity index (χ2n) is 17.4. The lowest BCUT2D eigenvalue weighted by atomic mass is 10.1. The highest BCUT2D eigenvalue weighted by Crippen LogP contribution is 2.36. The van der Waals surface area contributed by atoms with Crippen LogP contribution in [-0.2, 0) is 22.3 Å². The first-order valence-electron chi connectivity index (χ1n) is 24.6. The predicted octanol–water partition coefficient (Wildman–Crippen LogP) is 10.4. The molecular formula is C58H58N6O10. The van der Waals surface area contributed by atoms with E-state index in [0.29, 0.717) is 87.5 Å². The van der Waals surface area contributed by atoms with Gasteiger partial charge in [-0.05, 0) is 96.1 Å². The highest BCUT2D eigenvalue weighted by Gasteiger charge is 2.21. The summed E-state index contributed by atoms with van der Waals surface area (Å²) < 4.78 is 56.9. The van der Waals surface area contributed by atoms with Gasteiger partial charge in [0, 0.05) is 60.7 Å². The minimum atomic E-state index is 0.348. The molecule has 0 unspecified atom stereocenters. The van der Waals surface area contributed by atoms with Crippen molar-refractivity contribution >= 4 is 44.4 Å². The fourth-order valence-corrected chi connectivity index (χ4v) is 8.88. The molecule has 9 aromatic rings. The molecule has 16 nitrogen and oxygen atoms in total. The van der Waals surface area contributed by atoms with Crippen molar-refractivity contribution in [1.29, 1.82) is 0 Å². The number of morpholine rings is 2. The predicted molar refractivity (Wildman–Crippen MR) is 284 cm³/mol. The van der Waals surface area contributed by atoms with E-state index in [2.05, 4.69) is 33.0 Å². The molecule has 74 heavy (non-hydrogen) atoms. The van der Waals surface area contributed by atoms with Gasteiger partial charge in [-0.15, -0.1) is 0 Å². The van der Waals surface area contributed by atoms with Gasteiger partial charge in [0.15, 0.2) is 23.0 Å². The van der Waals surface area contributed by atoms with Crippen molar-refractivity contribution < 1.29 is 47.0 Å². The smallest absolute Gasteiger partial charge is 0.318 e. The summed E-state index contributed by atoms with van der Waals surface area (Å²) in [7, 11) is 6.52. The third-order valence-electron chi connectivity index (χ3n) is 12.7. The maximum absolute atomic E-state index is 6.12. The number of fused-ring (bicyclic) bond motifs is 3. The zero-order valence-electron chi connectivity index (χ0n) is 42.0. The lowest BCUT2D eigenvalue weighted by Crippen LogP contribution is -2.37. The molecule has 2 fully saturated rings. The van der Waals surface area contributed by atoms with Crippen LogP contribution in [0.25, 0.3) is 44.1 Å². The van der Waals surface area contributed by atoms with Crippen molar-refractivity contribution in [3.05, 3.63) is 145 Å². The number of hydrogen-bond donors (Lipinski definition) is 0. The van der Waals surface area contributed by atoms with E-state index in [0.717, 1.165) is 105 Å². The molecule has 0 amide bonds. The fraction of sp³-hybridized carbons (Fsp3) is 0.276. The van der Waals surface area contributed by atoms with Crippen LogP contribution in [0.4, 0.5) is 11.6 Å². The molecule has 0 aliphatic carbocycles. The molecule has 5 heterocycles. The normalized spacial score (nSPS) is 13.6. The number of hydrogen-bond acceptors (Lipinski definition) is 16. The van der Waals surface area contributed by atoms with Crippen LogP contribution in [-0.4, -0.2) is 114 Å². The van der Waals surface area contributed by atoms with Gasteiger partial charge in [0.1, 0.15) is 34.5 Å². The van der Waals surface area contributed by atoms with Gasteiger partial charge in [-0.3, -0.25) is 0 Å². The van der Waals surface area contributed by atoms with E-state index in [9.17, 15) is 0 Å². The van der Waals surface area contributed by atoms with Gasteiger partial charge in [0.25, 0.3) is 0 Å². The number of furan rings is 1. The Morgan fingerprint density at radius 3 is 1.55 bits per heavy atom. The molecule has 0 saturated carbocycles. The Kier molecular flexibility index (Phi) is 15.6. The lowest BCUT2D eigenvalue weighted by Gasteiger charge is -2.29. The molecule has 11 rings (SSSR count). The van der Waals surface area contributed by atoms with Crippen LogP contribution in [0.5, 0.6) is 46.5 Å². The molecule has 2 aliphatic rings. The number of ether oxygens (including phenoxy) is 9. The first kappa shape index (κ1) is 49.2. The number of nitrogens with zero attached hydrogens (tertiary/aromatic N) is 6. The van der Waals surface area contributed by atoms with Gasteiger partial charge < -0.3 is 56.8 Å². The topological polar surface area (TPSA) is 154 Å². The molecular weight excluding hydrogens is 941 g/mol. The Bertz CT molecular complexity index is 3290. The molecule has 0 N–H and O–H groups in total. The molecule has 0 radical (unpaired) electrons. The maximum atomic E-state index is 6.12. The van der Waals surface area contributed by atoms with Crippen molar-refractivity contribution in [1.82, 2.24) is 19.9 Å². The summed E-state index contributed by atoms with van der Waals surface area (Å²) >= 11 is 0. The van der Waals surface area contributed by atoms with Crippen LogP contribution >= 0.6 is 0 Å². The first-order valence-corrected chi connectivity index (χ1v) is 24.6. The number of anilines is 2. The van der Waals surface area contributed by atoms with Crippen LogP contribution in [0.3, 0.4) is 0 Å². The van der Waals surface area contributed by atoms with E-state index in [4.69, 9.17) is 62.0 Å². The largest absolute Gasteiger partial charge is 0.493 e. The second kappa shape index (κ2) is 23.5. The van der Waals surface area contributed by atoms with Crippen LogP contribution in [0, 0.1) is 0 Å². The molecule has 6 aromatic carbocycles. The minimum absolute atomic E-state index is 0.348. The highest BCUT2D eigenvalue weighted by atomic mass is 16.5. The number of rotatable bonds is 17. The van der Waals surface area contributed by atoms with E-state index in [1.54, 1.807) is 28.4 Å². The molecule has 2 saturated heterocycles. The van der Waals surface area contributed by atoms with Crippen molar-refractivity contribution in [2.75, 3.05) is 104 Å². The third-order valence-corrected chi connectivity index (χ3v) is 12.7. The van der Waals surface area contributed by atoms with E-state index in [-0.39, 0.29) is 0 Å². The first-order chi connectivity index (χ1) is 36.4. The van der Waals surface area contributed by atoms with Gasteiger partial charge in [0.2, 0.25) is 0 Å². The molecule has 0 spiro atoms. The van der Waals surface area contributed by atoms with E-state index < -0.39 is 0 Å². The summed E-state index contributed by atoms with van der Waals surface area (Å²) in [6, 6.07) is 44.2. The third kappa shape index (κ3) is 11.6. The fourth-order valence-electron chi connectivity index (χ4n) is 8.88. The summed E-state index contributed by atoms with van der Waals surface area (Å²) in [4.78, 5) is 23.5. The van der Waals surface area contributed by atoms with Crippen LogP contribution in [0.1, 0.15) is 11.1 Å². The number of methoxy groups -OCH3 is 4. The van der Waals surface area contributed by atoms with Gasteiger partial charge in [-0.2, -0.15) is 19.9 Å². The summed E-state index contributed by atoms with van der Waals surface area (Å²) in [5.74, 6) is 6.78. The molecule has 3 aromatic heterocycles. The number of para-hydroxylation sites is 2. The van der Waals surface area contributed by atoms with E-state index in [1.807, 2.05) is 115 Å². The Balaban J connectivity index is 0.000000170. The Morgan fingerprint density at radius 1 is 0.473 bits per heavy atom. The van der Waals surface area contributed by atoms with Gasteiger partial charge in [-0.25, -0.2) is 0 Å². The number of benzene rings is 6. The Morgan fingerprint density at radius 2 is 1.00 bits per heavy atom. The average molecular weight is 999 g/mol. The summed E-state index contributed by atoms with van der Waals surface area (Å²) in [6.07, 6.45) is 1.36. The SMILES string of the molecule is COc1ccc(CCOc2nc(N3CCOCC3)c3cc(-c4cc5ccccc5o4)ccc3n2)cc1OC.COc1ccc(CCOc2nc(N3CCOCC3)c3cc(Oc4ccccc4)ccc3n2)cc1OC. The van der Waals surface area contributed by atoms with Crippen molar-refractivity contribution in [3.8, 4) is 57.8 Å². The molecule has 2 aliphatic heterocycles. The van der Waals surface area contributed by atoms with Gasteiger partial charge in [0.05, 0.1) is 79.1 Å². The van der Waals surface area contributed by atoms with Crippen molar-refractivity contribution in [2.24, 2.45) is 0 Å². The van der Waals surface area contributed by atoms with Crippen molar-refractivity contribution in [3.63, 3.8) is 0 Å². The quantitative estimate of drug-likeness (QED) is 0.0849. The summed E-state index contributed by atoms with van der Waals surface area (Å²) in [5, 5.41) is 2.94. The minimum Gasteiger partial charge on any atom is -0.493 e. The Labute approximate surface area is 429 Å². The van der Waals surface area contributed by atoms with Gasteiger partial charge >= 0.3 is 12.0 Å². The maximum Gasteiger partial charge on any atom is 0.318 e. The second-order valence-corrected chi connectivity index (χ2v) is 17.4. The van der Waals surface area contributed by atoms with Crippen LogP contribution < -0.4 is 43.0 Å². The van der Waals surface area contributed by atoms with Crippen LogP contribution in [0.15, 0.2) is 138 Å². The van der Waals surface area contributed by atoms with E-state index >= 15 is 0 Å². The highest BCUT2D eigenvalue weighted by molar-refractivity contribution is 5.94. The molecule has 380 valence electrons. The monoisotopic (exact) mass is 998 g/mol. The summed E-state index contributed by atoms with van der Waals surface area (Å²) in [6.45, 7) is 6.50. The summed E-state index contributed by atoms with van der Waals surface area (Å²) in [5.41, 5.74) is 5.62. The molecule has 0 bridgehead atoms. The average Bonchev–Trinajstić information content (AvgIpc) is 3.90. The zero-order chi connectivity index (χ0) is 50.6. The standard InChI is InChI=1S/C30H29N3O5.C28H29N3O5/c1-34-26-10-7-20(17-28(26)35-2)11-14-37-30-31-24-9-8-22(27-19-21-5-3-4-6-25(21)38-27)18-23(24)29(32-30)33-12-15-36-16-13-33;1-32-25-11-8-20(18-26(25)33-2)12-15-35-28-29-24-10-9-22(36-21-6-4-3-5-7-21)19-23(24)27(30-28)31-13-16-34-17-14-31/h3-10,17-19H,11-16H2,1-2H3;3-11,18-19H,12-17H2,1-2H3. The lowest BCUT2D eigenvalue weighted by molar-refractivity contribution is 0.122. The van der Waals surface area contributed by atoms with Crippen LogP contribution in [0.2, 0.25) is 0 Å². The Hall–Kier alpha value is -8.34. The van der Waals surface area contributed by atoms with E-state index in [1.165, 1.54) is 0 Å². The van der Waals surface area contributed by atoms with Gasteiger partial charge in [-0.1, -0.05) is 48.5 Å². The molecule has 16 heteroatoms. The molecule has 0 atom stereocenters. The number of aromatic nitrogens is 4. The zero-order valence-corrected chi connectivity index (χ0v) is 42.0.